The minimum atomic E-state index is -0.611. The van der Waals surface area contributed by atoms with Crippen LogP contribution in [0.3, 0.4) is 0 Å². The normalized spacial score (nSPS) is 18.5. The number of nitrogens with one attached hydrogen (secondary N) is 7. The predicted octanol–water partition coefficient (Wildman–Crippen LogP) is 4.59. The number of amides is 9. The zero-order valence-corrected chi connectivity index (χ0v) is 58.3. The molecule has 34 nitrogen and oxygen atoms in total. The topological polar surface area (TPSA) is 421 Å². The van der Waals surface area contributed by atoms with Crippen molar-refractivity contribution < 1.29 is 95.2 Å². The van der Waals surface area contributed by atoms with E-state index in [0.717, 1.165) is 123 Å². The van der Waals surface area contributed by atoms with Crippen LogP contribution < -0.4 is 54.3 Å². The highest BCUT2D eigenvalue weighted by atomic mass is 16.6. The van der Waals surface area contributed by atoms with Crippen LogP contribution in [0.4, 0.5) is 33.6 Å². The molecule has 7 rings (SSSR count). The summed E-state index contributed by atoms with van der Waals surface area (Å²) >= 11 is 0. The van der Waals surface area contributed by atoms with Crippen LogP contribution in [0.5, 0.6) is 0 Å². The number of imide groups is 1. The number of epoxide rings is 6. The van der Waals surface area contributed by atoms with Gasteiger partial charge in [0.25, 0.3) is 0 Å². The maximum atomic E-state index is 13.4. The molecule has 1 aromatic rings. The lowest BCUT2D eigenvalue weighted by molar-refractivity contribution is -0.128. The smallest absolute Gasteiger partial charge is 0.407 e. The molecular formula is C66H111N11O23. The van der Waals surface area contributed by atoms with Crippen LogP contribution in [0, 0.1) is 0 Å². The maximum Gasteiger partial charge on any atom is 0.407 e. The summed E-state index contributed by atoms with van der Waals surface area (Å²) in [6.45, 7) is 9.62. The number of carbonyl (C=O) groups is 8. The number of urea groups is 1. The Morgan fingerprint density at radius 3 is 0.760 bits per heavy atom. The van der Waals surface area contributed by atoms with Gasteiger partial charge in [-0.1, -0.05) is 83.5 Å². The van der Waals surface area contributed by atoms with Crippen molar-refractivity contribution in [1.82, 2.24) is 55.8 Å². The van der Waals surface area contributed by atoms with Gasteiger partial charge in [0.15, 0.2) is 0 Å². The van der Waals surface area contributed by atoms with Crippen molar-refractivity contribution in [2.24, 2.45) is 0 Å². The van der Waals surface area contributed by atoms with Gasteiger partial charge in [-0.25, -0.2) is 61.6 Å². The highest BCUT2D eigenvalue weighted by Crippen LogP contribution is 2.15. The number of hydrogen-bond donors (Lipinski definition) is 7. The molecule has 7 heterocycles. The average Bonchev–Trinajstić information content (AvgIpc) is 1.48. The first-order valence-electron chi connectivity index (χ1n) is 36.4. The Hall–Kier alpha value is -7.27. The summed E-state index contributed by atoms with van der Waals surface area (Å²) in [4.78, 5) is 138. The second-order valence-corrected chi connectivity index (χ2v) is 25.6. The Morgan fingerprint density at radius 1 is 0.300 bits per heavy atom. The first-order valence-corrected chi connectivity index (χ1v) is 36.4. The predicted molar refractivity (Wildman–Crippen MR) is 359 cm³/mol. The molecule has 0 aliphatic carbocycles. The van der Waals surface area contributed by atoms with E-state index >= 15 is 0 Å². The lowest BCUT2D eigenvalue weighted by Crippen LogP contribution is -2.54. The standard InChI is InChI=1S/C33H54N6O12.C33H57N5O11/c40-28(49-22-25-19-46-25)34-13-7-1-4-10-16-37-31(43)38(17-11-5-2-8-14-35-29(41)50-23-26-20-47-26)33(45)39(32(37)44)18-12-6-3-9-15-36-30(42)51-24-27-21-48-27;39-29(14-8-2-1-3-10-16-35-31(41)47-23-26-20-44-26)38(19-13-7-6-12-18-37-33(43)49-25-28-22-46-28)30(40)34-15-9-4-5-11-17-36-32(42)48-24-27-21-45-27/h25-27H,1-24H2,(H,34,40)(H,35,41)(H,36,42);26-28H,1-25H2,(H,34,40)(H,35,41)(H,36,42)(H,37,43). The Balaban J connectivity index is 0.000000315. The molecule has 0 radical (unpaired) electrons. The van der Waals surface area contributed by atoms with Crippen molar-refractivity contribution in [1.29, 1.82) is 0 Å². The van der Waals surface area contributed by atoms with Crippen molar-refractivity contribution in [3.05, 3.63) is 31.5 Å². The van der Waals surface area contributed by atoms with E-state index in [-0.39, 0.29) is 108 Å². The number of aromatic nitrogens is 3. The van der Waals surface area contributed by atoms with Gasteiger partial charge in [-0.3, -0.25) is 9.69 Å². The van der Waals surface area contributed by atoms with Crippen LogP contribution in [0.2, 0.25) is 0 Å². The molecule has 6 aliphatic heterocycles. The van der Waals surface area contributed by atoms with E-state index in [1.54, 1.807) is 0 Å². The lowest BCUT2D eigenvalue weighted by atomic mass is 10.1. The maximum absolute atomic E-state index is 13.4. The Morgan fingerprint density at radius 2 is 0.510 bits per heavy atom. The van der Waals surface area contributed by atoms with E-state index in [9.17, 15) is 52.7 Å². The quantitative estimate of drug-likeness (QED) is 0.0266. The van der Waals surface area contributed by atoms with E-state index in [4.69, 9.17) is 56.8 Å². The van der Waals surface area contributed by atoms with Crippen LogP contribution >= 0.6 is 0 Å². The molecule has 6 atom stereocenters. The highest BCUT2D eigenvalue weighted by molar-refractivity contribution is 5.94. The molecule has 0 saturated carbocycles. The third-order valence-electron chi connectivity index (χ3n) is 16.5. The van der Waals surface area contributed by atoms with Crippen molar-refractivity contribution >= 4 is 48.5 Å². The number of hydrogen-bond acceptors (Lipinski definition) is 23. The number of ether oxygens (including phenoxy) is 12. The largest absolute Gasteiger partial charge is 0.447 e. The second-order valence-electron chi connectivity index (χ2n) is 25.6. The Bertz CT molecular complexity index is 2510. The molecule has 6 aliphatic rings. The van der Waals surface area contributed by atoms with Gasteiger partial charge in [0.1, 0.15) is 76.3 Å². The summed E-state index contributed by atoms with van der Waals surface area (Å²) in [7, 11) is 0. The zero-order chi connectivity index (χ0) is 71.2. The summed E-state index contributed by atoms with van der Waals surface area (Å²) in [6, 6.07) is -0.371. The number of alkyl carbamates (subject to hydrolysis) is 6. The lowest BCUT2D eigenvalue weighted by Gasteiger charge is -2.21. The Kier molecular flexibility index (Phi) is 40.3. The van der Waals surface area contributed by atoms with Crippen molar-refractivity contribution in [2.45, 2.75) is 223 Å². The van der Waals surface area contributed by atoms with Gasteiger partial charge in [-0.05, 0) is 77.0 Å². The molecule has 34 heteroatoms. The fraction of sp³-hybridized carbons (Fsp3) is 0.833. The molecule has 7 N–H and O–H groups in total. The minimum absolute atomic E-state index is 0.0104. The van der Waals surface area contributed by atoms with E-state index in [2.05, 4.69) is 37.2 Å². The van der Waals surface area contributed by atoms with Crippen molar-refractivity contribution in [3.8, 4) is 0 Å². The molecule has 6 unspecified atom stereocenters. The van der Waals surface area contributed by atoms with Crippen LogP contribution in [0.25, 0.3) is 0 Å². The summed E-state index contributed by atoms with van der Waals surface area (Å²) < 4.78 is 63.7. The molecule has 6 saturated heterocycles. The monoisotopic (exact) mass is 1430 g/mol. The molecule has 0 bridgehead atoms. The number of carbonyl (C=O) groups excluding carboxylic acids is 8. The molecule has 0 aromatic carbocycles. The first-order chi connectivity index (χ1) is 48.7. The fourth-order valence-corrected chi connectivity index (χ4v) is 10.00. The number of nitrogens with zero attached hydrogens (tertiary/aromatic N) is 4. The van der Waals surface area contributed by atoms with E-state index in [0.29, 0.717) is 150 Å². The van der Waals surface area contributed by atoms with Gasteiger partial charge < -0.3 is 94.1 Å². The van der Waals surface area contributed by atoms with Crippen molar-refractivity contribution in [3.63, 3.8) is 0 Å². The molecule has 1 aromatic heterocycles. The fourth-order valence-electron chi connectivity index (χ4n) is 10.00. The third kappa shape index (κ3) is 40.2. The molecule has 6 fully saturated rings. The first kappa shape index (κ1) is 81.7. The van der Waals surface area contributed by atoms with Gasteiger partial charge in [0.2, 0.25) is 5.91 Å². The second kappa shape index (κ2) is 49.3. The number of rotatable bonds is 55. The third-order valence-corrected chi connectivity index (χ3v) is 16.5. The molecule has 9 amide bonds. The molecular weight excluding hydrogens is 1310 g/mol. The zero-order valence-electron chi connectivity index (χ0n) is 58.3. The summed E-state index contributed by atoms with van der Waals surface area (Å²) in [6.07, 6.45) is 16.7. The average molecular weight is 1430 g/mol. The summed E-state index contributed by atoms with van der Waals surface area (Å²) in [5.74, 6) is -0.184. The van der Waals surface area contributed by atoms with E-state index in [1.165, 1.54) is 4.90 Å². The SMILES string of the molecule is O=C(NCCCCCCCC(=O)N(CCCCCCNC(=O)OCC1CO1)C(=O)NCCCCCCNC(=O)OCC1CO1)OCC1CO1.O=C(NCCCCCCn1c(=O)n(CCCCCCNC(=O)OCC2CO2)c(=O)n(CCCCCCNC(=O)OCC2CO2)c1=O)OCC1CO1. The molecule has 100 heavy (non-hydrogen) atoms. The Labute approximate surface area is 583 Å². The van der Waals surface area contributed by atoms with E-state index in [1.807, 2.05) is 0 Å². The van der Waals surface area contributed by atoms with Gasteiger partial charge in [-0.2, -0.15) is 0 Å². The van der Waals surface area contributed by atoms with Crippen LogP contribution in [0.15, 0.2) is 14.4 Å². The van der Waals surface area contributed by atoms with Gasteiger partial charge >= 0.3 is 59.7 Å². The van der Waals surface area contributed by atoms with Gasteiger partial charge in [-0.15, -0.1) is 0 Å². The highest BCUT2D eigenvalue weighted by Gasteiger charge is 2.29. The minimum Gasteiger partial charge on any atom is -0.447 e. The molecule has 568 valence electrons. The van der Waals surface area contributed by atoms with Gasteiger partial charge in [0.05, 0.1) is 39.6 Å². The van der Waals surface area contributed by atoms with Crippen LogP contribution in [0.1, 0.15) is 167 Å². The van der Waals surface area contributed by atoms with Crippen LogP contribution in [-0.4, -0.2) is 235 Å². The van der Waals surface area contributed by atoms with E-state index < -0.39 is 53.6 Å². The van der Waals surface area contributed by atoms with Gasteiger partial charge in [0, 0.05) is 78.4 Å². The van der Waals surface area contributed by atoms with Crippen molar-refractivity contribution in [2.75, 3.05) is 132 Å². The number of unbranched alkanes of at least 4 members (excludes halogenated alkanes) is 19. The summed E-state index contributed by atoms with van der Waals surface area (Å²) in [5.41, 5.74) is -1.83. The summed E-state index contributed by atoms with van der Waals surface area (Å²) in [5, 5.41) is 19.2. The molecule has 0 spiro atoms. The van der Waals surface area contributed by atoms with Crippen LogP contribution in [-0.2, 0) is 81.3 Å².